The van der Waals surface area contributed by atoms with Crippen molar-refractivity contribution in [1.82, 2.24) is 5.32 Å². The van der Waals surface area contributed by atoms with Crippen LogP contribution in [0.2, 0.25) is 0 Å². The molecule has 0 bridgehead atoms. The Balaban J connectivity index is 0.00000176. The van der Waals surface area contributed by atoms with Gasteiger partial charge >= 0.3 is 0 Å². The minimum atomic E-state index is -0.565. The average molecular weight is 331 g/mol. The lowest BCUT2D eigenvalue weighted by atomic mass is 9.97. The van der Waals surface area contributed by atoms with Crippen LogP contribution in [0, 0.1) is 17.6 Å². The minimum absolute atomic E-state index is 0. The Morgan fingerprint density at radius 1 is 1.27 bits per heavy atom. The summed E-state index contributed by atoms with van der Waals surface area (Å²) in [6, 6.07) is 3.82. The van der Waals surface area contributed by atoms with Crippen molar-refractivity contribution < 1.29 is 13.6 Å². The Morgan fingerprint density at radius 2 is 1.86 bits per heavy atom. The molecule has 2 aliphatic rings. The first kappa shape index (κ1) is 17.2. The van der Waals surface area contributed by atoms with Crippen LogP contribution in [-0.2, 0) is 4.79 Å². The van der Waals surface area contributed by atoms with Gasteiger partial charge in [0.1, 0.15) is 11.6 Å². The molecule has 2 atom stereocenters. The number of benzene rings is 1. The van der Waals surface area contributed by atoms with Crippen LogP contribution < -0.4 is 11.1 Å². The van der Waals surface area contributed by atoms with Gasteiger partial charge < -0.3 is 11.1 Å². The van der Waals surface area contributed by atoms with Crippen LogP contribution in [-0.4, -0.2) is 18.0 Å². The van der Waals surface area contributed by atoms with Crippen molar-refractivity contribution in [3.8, 4) is 0 Å². The molecule has 1 amide bonds. The molecule has 1 aromatic rings. The Morgan fingerprint density at radius 3 is 2.41 bits per heavy atom. The maximum absolute atomic E-state index is 13.7. The van der Waals surface area contributed by atoms with Gasteiger partial charge in [-0.1, -0.05) is 18.9 Å². The van der Waals surface area contributed by atoms with Crippen molar-refractivity contribution in [2.45, 2.75) is 43.6 Å². The minimum Gasteiger partial charge on any atom is -0.349 e. The summed E-state index contributed by atoms with van der Waals surface area (Å²) >= 11 is 0. The molecule has 6 heteroatoms. The van der Waals surface area contributed by atoms with E-state index in [9.17, 15) is 13.6 Å². The van der Waals surface area contributed by atoms with E-state index in [-0.39, 0.29) is 41.3 Å². The van der Waals surface area contributed by atoms with E-state index in [1.165, 1.54) is 18.2 Å². The highest BCUT2D eigenvalue weighted by molar-refractivity contribution is 5.85. The van der Waals surface area contributed by atoms with Gasteiger partial charge in [0.2, 0.25) is 5.91 Å². The van der Waals surface area contributed by atoms with Crippen molar-refractivity contribution in [2.24, 2.45) is 11.7 Å². The zero-order chi connectivity index (χ0) is 15.0. The molecule has 3 nitrogen and oxygen atoms in total. The second-order valence-corrected chi connectivity index (χ2v) is 6.26. The standard InChI is InChI=1S/C16H20F2N2O.ClH/c17-12-4-3-5-13(18)14(12)10-8-11(10)15(21)20-16(9-19)6-1-2-7-16;/h3-5,10-11H,1-2,6-9,19H2,(H,20,21);1H. The molecule has 0 radical (unpaired) electrons. The van der Waals surface area contributed by atoms with Crippen LogP contribution in [0.25, 0.3) is 0 Å². The largest absolute Gasteiger partial charge is 0.349 e. The van der Waals surface area contributed by atoms with E-state index in [1.54, 1.807) is 0 Å². The lowest BCUT2D eigenvalue weighted by Gasteiger charge is -2.28. The number of hydrogen-bond acceptors (Lipinski definition) is 2. The molecule has 2 fully saturated rings. The molecule has 0 saturated heterocycles. The third-order valence-electron chi connectivity index (χ3n) is 4.84. The summed E-state index contributed by atoms with van der Waals surface area (Å²) in [5, 5.41) is 3.03. The topological polar surface area (TPSA) is 55.1 Å². The first-order chi connectivity index (χ1) is 10.1. The number of nitrogens with one attached hydrogen (secondary N) is 1. The number of amides is 1. The SMILES string of the molecule is Cl.NCC1(NC(=O)C2CC2c2c(F)cccc2F)CCCC1. The van der Waals surface area contributed by atoms with Crippen LogP contribution in [0.5, 0.6) is 0 Å². The number of nitrogens with two attached hydrogens (primary N) is 1. The quantitative estimate of drug-likeness (QED) is 0.892. The number of halogens is 3. The van der Waals surface area contributed by atoms with Gasteiger partial charge in [0.15, 0.2) is 0 Å². The second kappa shape index (κ2) is 6.50. The molecule has 1 aromatic carbocycles. The summed E-state index contributed by atoms with van der Waals surface area (Å²) in [5.41, 5.74) is 5.54. The predicted octanol–water partition coefficient (Wildman–Crippen LogP) is 2.88. The van der Waals surface area contributed by atoms with Gasteiger partial charge in [0.25, 0.3) is 0 Å². The number of rotatable bonds is 4. The normalized spacial score (nSPS) is 25.4. The first-order valence-electron chi connectivity index (χ1n) is 7.52. The van der Waals surface area contributed by atoms with E-state index < -0.39 is 11.6 Å². The highest BCUT2D eigenvalue weighted by atomic mass is 35.5. The van der Waals surface area contributed by atoms with Crippen molar-refractivity contribution in [3.05, 3.63) is 35.4 Å². The van der Waals surface area contributed by atoms with Crippen molar-refractivity contribution in [3.63, 3.8) is 0 Å². The maximum atomic E-state index is 13.7. The molecule has 0 spiro atoms. The molecule has 122 valence electrons. The molecule has 2 aliphatic carbocycles. The molecule has 22 heavy (non-hydrogen) atoms. The Hall–Kier alpha value is -1.20. The third kappa shape index (κ3) is 3.10. The van der Waals surface area contributed by atoms with E-state index in [4.69, 9.17) is 5.73 Å². The van der Waals surface area contributed by atoms with Crippen LogP contribution in [0.15, 0.2) is 18.2 Å². The molecule has 0 aliphatic heterocycles. The third-order valence-corrected chi connectivity index (χ3v) is 4.84. The fraction of sp³-hybridized carbons (Fsp3) is 0.562. The fourth-order valence-corrected chi connectivity index (χ4v) is 3.45. The van der Waals surface area contributed by atoms with Crippen LogP contribution >= 0.6 is 12.4 Å². The van der Waals surface area contributed by atoms with Crippen molar-refractivity contribution in [1.29, 1.82) is 0 Å². The molecule has 2 saturated carbocycles. The summed E-state index contributed by atoms with van der Waals surface area (Å²) < 4.78 is 27.5. The fourth-order valence-electron chi connectivity index (χ4n) is 3.45. The lowest BCUT2D eigenvalue weighted by molar-refractivity contribution is -0.124. The van der Waals surface area contributed by atoms with Crippen molar-refractivity contribution in [2.75, 3.05) is 6.54 Å². The average Bonchev–Trinajstić information content (AvgIpc) is 3.10. The highest BCUT2D eigenvalue weighted by Crippen LogP contribution is 2.49. The Labute approximate surface area is 135 Å². The van der Waals surface area contributed by atoms with Crippen LogP contribution in [0.4, 0.5) is 8.78 Å². The summed E-state index contributed by atoms with van der Waals surface area (Å²) in [4.78, 5) is 12.3. The van der Waals surface area contributed by atoms with E-state index >= 15 is 0 Å². The lowest BCUT2D eigenvalue weighted by Crippen LogP contribution is -2.52. The van der Waals surface area contributed by atoms with Crippen LogP contribution in [0.1, 0.15) is 43.6 Å². The molecular weight excluding hydrogens is 310 g/mol. The summed E-state index contributed by atoms with van der Waals surface area (Å²) in [6.07, 6.45) is 4.41. The van der Waals surface area contributed by atoms with E-state index in [0.717, 1.165) is 25.7 Å². The first-order valence-corrected chi connectivity index (χ1v) is 7.52. The van der Waals surface area contributed by atoms with Crippen molar-refractivity contribution >= 4 is 18.3 Å². The summed E-state index contributed by atoms with van der Waals surface area (Å²) in [5.74, 6) is -1.92. The molecule has 0 heterocycles. The van der Waals surface area contributed by atoms with Gasteiger partial charge in [0, 0.05) is 23.9 Å². The van der Waals surface area contributed by atoms with E-state index in [2.05, 4.69) is 5.32 Å². The zero-order valence-electron chi connectivity index (χ0n) is 12.3. The highest BCUT2D eigenvalue weighted by Gasteiger charge is 2.48. The maximum Gasteiger partial charge on any atom is 0.224 e. The van der Waals surface area contributed by atoms with E-state index in [0.29, 0.717) is 13.0 Å². The van der Waals surface area contributed by atoms with Gasteiger partial charge in [0.05, 0.1) is 5.54 Å². The summed E-state index contributed by atoms with van der Waals surface area (Å²) in [6.45, 7) is 0.421. The smallest absolute Gasteiger partial charge is 0.224 e. The van der Waals surface area contributed by atoms with Gasteiger partial charge in [-0.3, -0.25) is 4.79 Å². The number of hydrogen-bond donors (Lipinski definition) is 2. The Bertz CT molecular complexity index is 541. The molecular formula is C16H21ClF2N2O. The molecule has 3 N–H and O–H groups in total. The summed E-state index contributed by atoms with van der Waals surface area (Å²) in [7, 11) is 0. The predicted molar refractivity (Wildman–Crippen MR) is 82.9 cm³/mol. The van der Waals surface area contributed by atoms with Crippen LogP contribution in [0.3, 0.4) is 0 Å². The Kier molecular flexibility index (Phi) is 5.07. The van der Waals surface area contributed by atoms with Gasteiger partial charge in [-0.15, -0.1) is 12.4 Å². The van der Waals surface area contributed by atoms with E-state index in [1.807, 2.05) is 0 Å². The molecule has 2 unspecified atom stereocenters. The monoisotopic (exact) mass is 330 g/mol. The zero-order valence-corrected chi connectivity index (χ0v) is 13.1. The molecule has 3 rings (SSSR count). The molecule has 0 aromatic heterocycles. The van der Waals surface area contributed by atoms with Gasteiger partial charge in [-0.25, -0.2) is 8.78 Å². The van der Waals surface area contributed by atoms with Gasteiger partial charge in [-0.05, 0) is 31.4 Å². The number of carbonyl (C=O) groups is 1. The second-order valence-electron chi connectivity index (χ2n) is 6.26. The number of carbonyl (C=O) groups excluding carboxylic acids is 1. The van der Waals surface area contributed by atoms with Gasteiger partial charge in [-0.2, -0.15) is 0 Å².